The maximum Gasteiger partial charge on any atom is 0.495 e. The number of rotatable bonds is 5. The maximum atomic E-state index is 9.20. The molecule has 2 aromatic carbocycles. The minimum Gasteiger partial charge on any atom is -0.489 e. The van der Waals surface area contributed by atoms with Crippen molar-refractivity contribution in [2.45, 2.75) is 45.5 Å². The number of nitriles is 2. The Bertz CT molecular complexity index is 969. The Labute approximate surface area is 172 Å². The van der Waals surface area contributed by atoms with Crippen LogP contribution < -0.4 is 10.2 Å². The molecule has 0 unspecified atom stereocenters. The summed E-state index contributed by atoms with van der Waals surface area (Å²) < 4.78 is 18.2. The zero-order valence-corrected chi connectivity index (χ0v) is 17.1. The minimum absolute atomic E-state index is 0.00276. The molecule has 1 heterocycles. The highest BCUT2D eigenvalue weighted by molar-refractivity contribution is 6.63. The van der Waals surface area contributed by atoms with E-state index in [4.69, 9.17) is 14.0 Å². The van der Waals surface area contributed by atoms with Crippen LogP contribution in [0.2, 0.25) is 0 Å². The highest BCUT2D eigenvalue weighted by atomic mass is 16.7. The van der Waals surface area contributed by atoms with Crippen LogP contribution in [0.25, 0.3) is 6.08 Å². The summed E-state index contributed by atoms with van der Waals surface area (Å²) in [7, 11) is -0.604. The quantitative estimate of drug-likeness (QED) is 0.574. The molecule has 1 saturated heterocycles. The SMILES string of the molecule is CC1(C)OB(c2ccc(OCc3ccccc3)cc2C=C(C#N)C#N)OC1(C)C. The van der Waals surface area contributed by atoms with Crippen molar-refractivity contribution in [2.75, 3.05) is 0 Å². The van der Waals surface area contributed by atoms with Crippen molar-refractivity contribution in [3.8, 4) is 17.9 Å². The Morgan fingerprint density at radius 3 is 2.21 bits per heavy atom. The van der Waals surface area contributed by atoms with Gasteiger partial charge in [0.25, 0.3) is 0 Å². The van der Waals surface area contributed by atoms with Crippen LogP contribution in [-0.4, -0.2) is 18.3 Å². The number of hydrogen-bond donors (Lipinski definition) is 0. The Morgan fingerprint density at radius 2 is 1.62 bits per heavy atom. The van der Waals surface area contributed by atoms with E-state index in [-0.39, 0.29) is 5.57 Å². The first-order valence-corrected chi connectivity index (χ1v) is 9.44. The van der Waals surface area contributed by atoms with E-state index in [0.29, 0.717) is 17.9 Å². The predicted molar refractivity (Wildman–Crippen MR) is 112 cm³/mol. The summed E-state index contributed by atoms with van der Waals surface area (Å²) in [5.41, 5.74) is 1.48. The summed E-state index contributed by atoms with van der Waals surface area (Å²) in [5, 5.41) is 18.4. The summed E-state index contributed by atoms with van der Waals surface area (Å²) in [6.45, 7) is 8.35. The van der Waals surface area contributed by atoms with Gasteiger partial charge in [-0.3, -0.25) is 0 Å². The van der Waals surface area contributed by atoms with E-state index < -0.39 is 18.3 Å². The van der Waals surface area contributed by atoms with Crippen molar-refractivity contribution < 1.29 is 14.0 Å². The molecule has 0 atom stereocenters. The van der Waals surface area contributed by atoms with Crippen molar-refractivity contribution in [3.05, 3.63) is 65.2 Å². The molecule has 0 amide bonds. The summed E-state index contributed by atoms with van der Waals surface area (Å²) in [6, 6.07) is 19.2. The first-order chi connectivity index (χ1) is 13.8. The van der Waals surface area contributed by atoms with Crippen molar-refractivity contribution in [3.63, 3.8) is 0 Å². The van der Waals surface area contributed by atoms with Gasteiger partial charge in [-0.2, -0.15) is 10.5 Å². The van der Waals surface area contributed by atoms with Gasteiger partial charge in [0.15, 0.2) is 0 Å². The molecule has 146 valence electrons. The zero-order chi connectivity index (χ0) is 21.1. The molecule has 3 rings (SSSR count). The van der Waals surface area contributed by atoms with Crippen molar-refractivity contribution in [1.29, 1.82) is 10.5 Å². The number of hydrogen-bond acceptors (Lipinski definition) is 5. The number of ether oxygens (including phenoxy) is 1. The average molecular weight is 386 g/mol. The Kier molecular flexibility index (Phi) is 5.80. The normalized spacial score (nSPS) is 16.6. The van der Waals surface area contributed by atoms with E-state index in [1.807, 2.05) is 82.3 Å². The summed E-state index contributed by atoms with van der Waals surface area (Å²) >= 11 is 0. The Morgan fingerprint density at radius 1 is 1.00 bits per heavy atom. The zero-order valence-electron chi connectivity index (χ0n) is 17.1. The van der Waals surface area contributed by atoms with Crippen molar-refractivity contribution >= 4 is 18.7 Å². The first kappa shape index (κ1) is 20.7. The number of benzene rings is 2. The minimum atomic E-state index is -0.604. The van der Waals surface area contributed by atoms with Gasteiger partial charge in [0.2, 0.25) is 0 Å². The highest BCUT2D eigenvalue weighted by Gasteiger charge is 2.52. The molecule has 0 N–H and O–H groups in total. The average Bonchev–Trinajstić information content (AvgIpc) is 2.92. The molecule has 6 heteroatoms. The topological polar surface area (TPSA) is 75.3 Å². The molecule has 2 aromatic rings. The summed E-state index contributed by atoms with van der Waals surface area (Å²) in [4.78, 5) is 0. The molecule has 0 radical (unpaired) electrons. The van der Waals surface area contributed by atoms with Crippen molar-refractivity contribution in [1.82, 2.24) is 0 Å². The van der Waals surface area contributed by atoms with Crippen LogP contribution >= 0.6 is 0 Å². The van der Waals surface area contributed by atoms with Crippen LogP contribution in [0, 0.1) is 22.7 Å². The fourth-order valence-corrected chi connectivity index (χ4v) is 2.94. The lowest BCUT2D eigenvalue weighted by Gasteiger charge is -2.32. The second-order valence-electron chi connectivity index (χ2n) is 7.93. The summed E-state index contributed by atoms with van der Waals surface area (Å²) in [5.74, 6) is 0.635. The molecule has 0 aliphatic carbocycles. The lowest BCUT2D eigenvalue weighted by Crippen LogP contribution is -2.41. The lowest BCUT2D eigenvalue weighted by molar-refractivity contribution is 0.00578. The van der Waals surface area contributed by atoms with Gasteiger partial charge in [-0.15, -0.1) is 0 Å². The second-order valence-corrected chi connectivity index (χ2v) is 7.93. The molecule has 1 aliphatic rings. The van der Waals surface area contributed by atoms with Crippen LogP contribution in [0.1, 0.15) is 38.8 Å². The van der Waals surface area contributed by atoms with Gasteiger partial charge < -0.3 is 14.0 Å². The molecule has 0 aromatic heterocycles. The Hall–Kier alpha value is -3.06. The van der Waals surface area contributed by atoms with E-state index in [1.54, 1.807) is 6.07 Å². The van der Waals surface area contributed by atoms with Gasteiger partial charge in [-0.1, -0.05) is 36.4 Å². The molecular formula is C23H23BN2O3. The van der Waals surface area contributed by atoms with Gasteiger partial charge >= 0.3 is 7.12 Å². The standard InChI is InChI=1S/C23H23BN2O3/c1-22(2)23(3,4)29-24(28-22)21-11-10-20(13-19(21)12-18(14-25)15-26)27-16-17-8-6-5-7-9-17/h5-13H,16H2,1-4H3. The number of allylic oxidation sites excluding steroid dienone is 1. The van der Waals surface area contributed by atoms with E-state index in [1.165, 1.54) is 6.08 Å². The van der Waals surface area contributed by atoms with Crippen LogP contribution in [0.4, 0.5) is 0 Å². The third kappa shape index (κ3) is 4.51. The van der Waals surface area contributed by atoms with Gasteiger partial charge in [-0.05, 0) is 62.5 Å². The smallest absolute Gasteiger partial charge is 0.489 e. The third-order valence-electron chi connectivity index (χ3n) is 5.35. The van der Waals surface area contributed by atoms with E-state index in [0.717, 1.165) is 11.0 Å². The molecule has 29 heavy (non-hydrogen) atoms. The lowest BCUT2D eigenvalue weighted by atomic mass is 9.75. The van der Waals surface area contributed by atoms with Gasteiger partial charge in [0, 0.05) is 0 Å². The molecule has 0 bridgehead atoms. The molecule has 1 fully saturated rings. The maximum absolute atomic E-state index is 9.20. The van der Waals surface area contributed by atoms with E-state index >= 15 is 0 Å². The molecule has 0 spiro atoms. The van der Waals surface area contributed by atoms with E-state index in [9.17, 15) is 10.5 Å². The monoisotopic (exact) mass is 386 g/mol. The second kappa shape index (κ2) is 8.13. The molecule has 0 saturated carbocycles. The third-order valence-corrected chi connectivity index (χ3v) is 5.35. The van der Waals surface area contributed by atoms with Crippen LogP contribution in [0.3, 0.4) is 0 Å². The Balaban J connectivity index is 1.93. The molecule has 5 nitrogen and oxygen atoms in total. The van der Waals surface area contributed by atoms with Gasteiger partial charge in [0.1, 0.15) is 30.1 Å². The summed E-state index contributed by atoms with van der Waals surface area (Å²) in [6.07, 6.45) is 1.54. The number of nitrogens with zero attached hydrogens (tertiary/aromatic N) is 2. The highest BCUT2D eigenvalue weighted by Crippen LogP contribution is 2.37. The van der Waals surface area contributed by atoms with E-state index in [2.05, 4.69) is 0 Å². The van der Waals surface area contributed by atoms with Crippen LogP contribution in [0.15, 0.2) is 54.1 Å². The first-order valence-electron chi connectivity index (χ1n) is 9.44. The van der Waals surface area contributed by atoms with Crippen LogP contribution in [-0.2, 0) is 15.9 Å². The van der Waals surface area contributed by atoms with Gasteiger partial charge in [-0.25, -0.2) is 0 Å². The largest absolute Gasteiger partial charge is 0.495 e. The fourth-order valence-electron chi connectivity index (χ4n) is 2.94. The van der Waals surface area contributed by atoms with Gasteiger partial charge in [0.05, 0.1) is 11.2 Å². The fraction of sp³-hybridized carbons (Fsp3) is 0.304. The van der Waals surface area contributed by atoms with Crippen LogP contribution in [0.5, 0.6) is 5.75 Å². The molecule has 1 aliphatic heterocycles. The molecular weight excluding hydrogens is 363 g/mol. The van der Waals surface area contributed by atoms with Crippen molar-refractivity contribution in [2.24, 2.45) is 0 Å². The predicted octanol–water partition coefficient (Wildman–Crippen LogP) is 4.00.